The molecule has 3 fully saturated rings. The van der Waals surface area contributed by atoms with Crippen LogP contribution in [-0.4, -0.2) is 70.9 Å². The molecule has 4 aliphatic rings. The number of carbonyl (C=O) groups is 4. The molecule has 0 aromatic heterocycles. The Hall–Kier alpha value is -5.61. The summed E-state index contributed by atoms with van der Waals surface area (Å²) in [6, 6.07) is 35.3. The molecule has 4 aromatic carbocycles. The van der Waals surface area contributed by atoms with Crippen molar-refractivity contribution >= 4 is 29.5 Å². The molecular weight excluding hydrogens is 873 g/mol. The van der Waals surface area contributed by atoms with Gasteiger partial charge in [-0.25, -0.2) is 9.59 Å². The number of nitrogens with zero attached hydrogens (tertiary/aromatic N) is 3. The summed E-state index contributed by atoms with van der Waals surface area (Å²) in [7, 11) is 2.77. The Bertz CT molecular complexity index is 2310. The standard InChI is InChI=1S/C29H38N2O3.C29H36N2O3.2CH4/c2*1-28(2,3)24-16-18-29(19-17-24)30-25(15-12-21-8-6-5-7-9-21)26(32)31(29)20-22-10-13-23(14-11-22)27(33)34-4;;/h5-11,13-14,24-25,30H,12,15-20H2,1-4H3;5-11,13-14,24H,12,15-20H2,1-4H3;2*1H4/t24?,25-,29?;;;/m0.../s1. The van der Waals surface area contributed by atoms with Crippen LogP contribution < -0.4 is 5.32 Å². The zero-order valence-corrected chi connectivity index (χ0v) is 41.8. The van der Waals surface area contributed by atoms with E-state index < -0.39 is 5.66 Å². The van der Waals surface area contributed by atoms with Gasteiger partial charge >= 0.3 is 11.9 Å². The van der Waals surface area contributed by atoms with Crippen LogP contribution in [0.25, 0.3) is 0 Å². The molecule has 1 saturated heterocycles. The average Bonchev–Trinajstić information content (AvgIpc) is 3.73. The first-order valence-electron chi connectivity index (χ1n) is 24.9. The van der Waals surface area contributed by atoms with Crippen LogP contribution in [0.1, 0.15) is 164 Å². The van der Waals surface area contributed by atoms with E-state index >= 15 is 0 Å². The average molecular weight is 955 g/mol. The van der Waals surface area contributed by atoms with Crippen molar-refractivity contribution in [3.63, 3.8) is 0 Å². The summed E-state index contributed by atoms with van der Waals surface area (Å²) in [4.78, 5) is 60.2. The van der Waals surface area contributed by atoms with Gasteiger partial charge in [0.2, 0.25) is 5.91 Å². The Labute approximate surface area is 420 Å². The molecular formula is C60H82N4O6. The Kier molecular flexibility index (Phi) is 18.6. The van der Waals surface area contributed by atoms with Gasteiger partial charge in [0.1, 0.15) is 11.4 Å². The number of benzene rings is 4. The molecule has 2 saturated carbocycles. The predicted octanol–water partition coefficient (Wildman–Crippen LogP) is 12.4. The number of esters is 2. The number of methoxy groups -OCH3 is 2. The molecule has 10 heteroatoms. The lowest BCUT2D eigenvalue weighted by Gasteiger charge is -2.46. The van der Waals surface area contributed by atoms with E-state index in [2.05, 4.69) is 88.2 Å². The first kappa shape index (κ1) is 55.3. The maximum absolute atomic E-state index is 13.7. The van der Waals surface area contributed by atoms with Crippen molar-refractivity contribution in [2.75, 3.05) is 14.2 Å². The van der Waals surface area contributed by atoms with E-state index in [1.165, 1.54) is 25.3 Å². The Morgan fingerprint density at radius 3 is 1.46 bits per heavy atom. The number of amides is 2. The van der Waals surface area contributed by atoms with Gasteiger partial charge in [-0.15, -0.1) is 0 Å². The highest BCUT2D eigenvalue weighted by molar-refractivity contribution is 6.40. The van der Waals surface area contributed by atoms with Crippen molar-refractivity contribution in [1.82, 2.24) is 15.1 Å². The van der Waals surface area contributed by atoms with E-state index in [0.717, 1.165) is 81.8 Å². The minimum Gasteiger partial charge on any atom is -0.465 e. The van der Waals surface area contributed by atoms with Gasteiger partial charge in [-0.1, -0.05) is 141 Å². The molecule has 2 amide bonds. The maximum atomic E-state index is 13.7. The zero-order valence-electron chi connectivity index (χ0n) is 41.8. The molecule has 0 radical (unpaired) electrons. The van der Waals surface area contributed by atoms with Crippen molar-refractivity contribution in [3.8, 4) is 0 Å². The summed E-state index contributed by atoms with van der Waals surface area (Å²) in [5.41, 5.74) is 6.06. The molecule has 0 unspecified atom stereocenters. The van der Waals surface area contributed by atoms with Gasteiger partial charge in [0.15, 0.2) is 0 Å². The minimum atomic E-state index is -0.453. The molecule has 2 aliphatic heterocycles. The van der Waals surface area contributed by atoms with E-state index in [4.69, 9.17) is 14.5 Å². The van der Waals surface area contributed by atoms with Crippen LogP contribution in [0.3, 0.4) is 0 Å². The van der Waals surface area contributed by atoms with Gasteiger partial charge < -0.3 is 19.3 Å². The summed E-state index contributed by atoms with van der Waals surface area (Å²) in [6.07, 6.45) is 11.3. The van der Waals surface area contributed by atoms with Crippen molar-refractivity contribution in [2.24, 2.45) is 27.7 Å². The molecule has 0 bridgehead atoms. The van der Waals surface area contributed by atoms with E-state index in [1.807, 2.05) is 53.4 Å². The summed E-state index contributed by atoms with van der Waals surface area (Å²) >= 11 is 0. The van der Waals surface area contributed by atoms with Crippen LogP contribution in [0.5, 0.6) is 0 Å². The number of aryl methyl sites for hydroxylation is 2. The van der Waals surface area contributed by atoms with Crippen LogP contribution in [0.2, 0.25) is 0 Å². The monoisotopic (exact) mass is 955 g/mol. The second kappa shape index (κ2) is 23.5. The molecule has 378 valence electrons. The first-order chi connectivity index (χ1) is 32.4. The fourth-order valence-electron chi connectivity index (χ4n) is 11.0. The van der Waals surface area contributed by atoms with Crippen molar-refractivity contribution < 1.29 is 28.7 Å². The van der Waals surface area contributed by atoms with E-state index in [-0.39, 0.29) is 61.1 Å². The van der Waals surface area contributed by atoms with E-state index in [1.54, 1.807) is 24.3 Å². The summed E-state index contributed by atoms with van der Waals surface area (Å²) < 4.78 is 9.63. The smallest absolute Gasteiger partial charge is 0.337 e. The highest BCUT2D eigenvalue weighted by Crippen LogP contribution is 2.48. The lowest BCUT2D eigenvalue weighted by Crippen LogP contribution is -2.55. The van der Waals surface area contributed by atoms with E-state index in [9.17, 15) is 19.2 Å². The summed E-state index contributed by atoms with van der Waals surface area (Å²) in [5.74, 6) is 0.859. The van der Waals surface area contributed by atoms with Gasteiger partial charge in [-0.05, 0) is 146 Å². The first-order valence-corrected chi connectivity index (χ1v) is 24.9. The Morgan fingerprint density at radius 1 is 0.586 bits per heavy atom. The number of aliphatic imine (C=N–C) groups is 1. The zero-order chi connectivity index (χ0) is 48.7. The highest BCUT2D eigenvalue weighted by atomic mass is 16.5. The lowest BCUT2D eigenvalue weighted by molar-refractivity contribution is -0.134. The van der Waals surface area contributed by atoms with Crippen molar-refractivity contribution in [2.45, 2.75) is 164 Å². The van der Waals surface area contributed by atoms with E-state index in [0.29, 0.717) is 48.2 Å². The maximum Gasteiger partial charge on any atom is 0.337 e. The third-order valence-electron chi connectivity index (χ3n) is 15.4. The molecule has 70 heavy (non-hydrogen) atoms. The van der Waals surface area contributed by atoms with Crippen LogP contribution in [-0.2, 0) is 45.0 Å². The molecule has 1 N–H and O–H groups in total. The lowest BCUT2D eigenvalue weighted by atomic mass is 9.69. The second-order valence-corrected chi connectivity index (χ2v) is 21.8. The van der Waals surface area contributed by atoms with Crippen LogP contribution in [0.4, 0.5) is 0 Å². The predicted molar refractivity (Wildman–Crippen MR) is 282 cm³/mol. The fraction of sp³-hybridized carbons (Fsp3) is 0.517. The SMILES string of the molecule is C.C.COC(=O)c1ccc(CN2C(=O)C(CCc3ccccc3)=NC23CCC(C(C)(C)C)CC3)cc1.COC(=O)c1ccc(CN2C(=O)[C@H](CCc3ccccc3)NC23CCC(C(C)(C)C)CC3)cc1. The molecule has 2 aliphatic carbocycles. The Balaban J connectivity index is 0.000000254. The number of carbonyl (C=O) groups excluding carboxylic acids is 4. The number of hydrogen-bond donors (Lipinski definition) is 1. The topological polar surface area (TPSA) is 118 Å². The number of nitrogens with one attached hydrogen (secondary N) is 1. The van der Waals surface area contributed by atoms with Crippen LogP contribution >= 0.6 is 0 Å². The highest BCUT2D eigenvalue weighted by Gasteiger charge is 2.52. The summed E-state index contributed by atoms with van der Waals surface area (Å²) in [5, 5.41) is 3.81. The molecule has 1 atom stereocenters. The quantitative estimate of drug-likeness (QED) is 0.141. The Morgan fingerprint density at radius 2 is 1.01 bits per heavy atom. The fourth-order valence-corrected chi connectivity index (χ4v) is 11.0. The normalized spacial score (nSPS) is 23.2. The van der Waals surface area contributed by atoms with Crippen LogP contribution in [0.15, 0.2) is 114 Å². The minimum absolute atomic E-state index is 0. The molecule has 4 aromatic rings. The molecule has 2 heterocycles. The molecule has 2 spiro atoms. The third-order valence-corrected chi connectivity index (χ3v) is 15.4. The third kappa shape index (κ3) is 13.0. The molecule has 10 nitrogen and oxygen atoms in total. The molecule has 8 rings (SSSR count). The van der Waals surface area contributed by atoms with Gasteiger partial charge in [0.05, 0.1) is 37.1 Å². The van der Waals surface area contributed by atoms with Gasteiger partial charge in [-0.2, -0.15) is 0 Å². The van der Waals surface area contributed by atoms with Crippen LogP contribution in [0, 0.1) is 22.7 Å². The van der Waals surface area contributed by atoms with Crippen molar-refractivity contribution in [3.05, 3.63) is 143 Å². The van der Waals surface area contributed by atoms with Gasteiger partial charge in [0, 0.05) is 13.1 Å². The van der Waals surface area contributed by atoms with Gasteiger partial charge in [-0.3, -0.25) is 19.9 Å². The number of rotatable bonds is 12. The van der Waals surface area contributed by atoms with Crippen molar-refractivity contribution in [1.29, 1.82) is 0 Å². The second-order valence-electron chi connectivity index (χ2n) is 21.8. The summed E-state index contributed by atoms with van der Waals surface area (Å²) in [6.45, 7) is 15.0. The largest absolute Gasteiger partial charge is 0.465 e. The number of ether oxygens (including phenoxy) is 2. The number of hydrogen-bond acceptors (Lipinski definition) is 8. The van der Waals surface area contributed by atoms with Gasteiger partial charge in [0.25, 0.3) is 5.91 Å².